The second-order valence-electron chi connectivity index (χ2n) is 4.86. The summed E-state index contributed by atoms with van der Waals surface area (Å²) in [5.41, 5.74) is 0.130. The third-order valence-corrected chi connectivity index (χ3v) is 5.34. The normalized spacial score (nSPS) is 12.1. The molecular weight excluding hydrogens is 368 g/mol. The fraction of sp³-hybridized carbons (Fsp3) is 0.154. The van der Waals surface area contributed by atoms with Gasteiger partial charge in [-0.3, -0.25) is 4.79 Å². The van der Waals surface area contributed by atoms with E-state index in [2.05, 4.69) is 20.3 Å². The first kappa shape index (κ1) is 17.1. The number of nitrogens with two attached hydrogens (primary N) is 1. The van der Waals surface area contributed by atoms with Crippen LogP contribution in [0.4, 0.5) is 11.4 Å². The molecule has 0 aliphatic rings. The average Bonchev–Trinajstić information content (AvgIpc) is 2.99. The van der Waals surface area contributed by atoms with Gasteiger partial charge in [-0.1, -0.05) is 11.3 Å². The summed E-state index contributed by atoms with van der Waals surface area (Å²) in [5.74, 6) is 0.663. The predicted molar refractivity (Wildman–Crippen MR) is 90.4 cm³/mol. The summed E-state index contributed by atoms with van der Waals surface area (Å²) < 4.78 is 28.2. The zero-order chi connectivity index (χ0) is 18.2. The van der Waals surface area contributed by atoms with Gasteiger partial charge in [0.25, 0.3) is 10.0 Å². The number of sulfonamides is 1. The van der Waals surface area contributed by atoms with Crippen molar-refractivity contribution in [1.29, 1.82) is 0 Å². The number of fused-ring (bicyclic) bond motifs is 1. The van der Waals surface area contributed by atoms with Crippen LogP contribution >= 0.6 is 11.3 Å². The smallest absolute Gasteiger partial charge is 0.303 e. The van der Waals surface area contributed by atoms with Crippen LogP contribution in [0.5, 0.6) is 5.75 Å². The molecule has 3 aromatic rings. The highest BCUT2D eigenvalue weighted by atomic mass is 32.2. The second-order valence-corrected chi connectivity index (χ2v) is 7.55. The minimum absolute atomic E-state index is 0.0420. The summed E-state index contributed by atoms with van der Waals surface area (Å²) in [6.45, 7) is 1.57. The molecule has 2 heterocycles. The number of rotatable bonds is 4. The fourth-order valence-electron chi connectivity index (χ4n) is 1.91. The Hall–Kier alpha value is -2.70. The van der Waals surface area contributed by atoms with E-state index in [0.29, 0.717) is 28.5 Å². The van der Waals surface area contributed by atoms with E-state index >= 15 is 0 Å². The SMILES string of the molecule is COc1ccc(N=Nc2c(C)nc3sc(S(N)(=O)=O)nn3c2=O)cc1. The molecule has 0 saturated heterocycles. The number of aryl methyl sites for hydroxylation is 1. The molecule has 3 rings (SSSR count). The molecule has 12 heteroatoms. The summed E-state index contributed by atoms with van der Waals surface area (Å²) >= 11 is 0.701. The topological polar surface area (TPSA) is 141 Å². The van der Waals surface area contributed by atoms with Crippen molar-refractivity contribution in [3.05, 3.63) is 40.3 Å². The van der Waals surface area contributed by atoms with Crippen molar-refractivity contribution in [3.8, 4) is 5.75 Å². The number of methoxy groups -OCH3 is 1. The van der Waals surface area contributed by atoms with Crippen LogP contribution in [0.25, 0.3) is 4.96 Å². The quantitative estimate of drug-likeness (QED) is 0.680. The van der Waals surface area contributed by atoms with Crippen molar-refractivity contribution in [2.75, 3.05) is 7.11 Å². The molecule has 0 fully saturated rings. The highest BCUT2D eigenvalue weighted by Gasteiger charge is 2.19. The van der Waals surface area contributed by atoms with Crippen LogP contribution in [0.2, 0.25) is 0 Å². The van der Waals surface area contributed by atoms with Crippen molar-refractivity contribution in [1.82, 2.24) is 14.6 Å². The molecule has 0 atom stereocenters. The van der Waals surface area contributed by atoms with Gasteiger partial charge in [-0.05, 0) is 31.2 Å². The van der Waals surface area contributed by atoms with Crippen molar-refractivity contribution >= 4 is 37.7 Å². The van der Waals surface area contributed by atoms with E-state index in [1.165, 1.54) is 0 Å². The van der Waals surface area contributed by atoms with Crippen molar-refractivity contribution < 1.29 is 13.2 Å². The van der Waals surface area contributed by atoms with E-state index in [-0.39, 0.29) is 10.6 Å². The molecule has 0 amide bonds. The summed E-state index contributed by atoms with van der Waals surface area (Å²) in [7, 11) is -2.48. The van der Waals surface area contributed by atoms with Gasteiger partial charge in [0.1, 0.15) is 5.75 Å². The van der Waals surface area contributed by atoms with Crippen LogP contribution < -0.4 is 15.4 Å². The van der Waals surface area contributed by atoms with Crippen LogP contribution in [-0.4, -0.2) is 30.1 Å². The van der Waals surface area contributed by atoms with Gasteiger partial charge in [0.15, 0.2) is 5.69 Å². The Morgan fingerprint density at radius 3 is 2.52 bits per heavy atom. The van der Waals surface area contributed by atoms with Gasteiger partial charge >= 0.3 is 5.56 Å². The molecule has 1 aromatic carbocycles. The molecule has 10 nitrogen and oxygen atoms in total. The first-order chi connectivity index (χ1) is 11.8. The number of nitrogens with zero attached hydrogens (tertiary/aromatic N) is 5. The first-order valence-corrected chi connectivity index (χ1v) is 9.15. The Morgan fingerprint density at radius 1 is 1.24 bits per heavy atom. The highest BCUT2D eigenvalue weighted by molar-refractivity contribution is 7.91. The lowest BCUT2D eigenvalue weighted by molar-refractivity contribution is 0.415. The summed E-state index contributed by atoms with van der Waals surface area (Å²) in [6, 6.07) is 6.75. The summed E-state index contributed by atoms with van der Waals surface area (Å²) in [5, 5.41) is 16.6. The Morgan fingerprint density at radius 2 is 1.92 bits per heavy atom. The van der Waals surface area contributed by atoms with Crippen molar-refractivity contribution in [2.24, 2.45) is 15.4 Å². The van der Waals surface area contributed by atoms with Crippen LogP contribution in [0.1, 0.15) is 5.69 Å². The largest absolute Gasteiger partial charge is 0.497 e. The second kappa shape index (κ2) is 6.31. The standard InChI is InChI=1S/C13H12N6O4S2/c1-7-10(17-16-8-3-5-9(23-2)6-4-8)11(20)19-12(15-7)24-13(18-19)25(14,21)22/h3-6H,1-2H3,(H2,14,21,22). The zero-order valence-electron chi connectivity index (χ0n) is 13.1. The molecule has 0 unspecified atom stereocenters. The molecule has 2 N–H and O–H groups in total. The fourth-order valence-corrected chi connectivity index (χ4v) is 3.46. The predicted octanol–water partition coefficient (Wildman–Crippen LogP) is 1.53. The Bertz CT molecular complexity index is 1130. The third-order valence-electron chi connectivity index (χ3n) is 3.12. The summed E-state index contributed by atoms with van der Waals surface area (Å²) in [4.78, 5) is 16.7. The molecule has 2 aromatic heterocycles. The Labute approximate surface area is 145 Å². The number of aromatic nitrogens is 3. The van der Waals surface area contributed by atoms with Crippen molar-refractivity contribution in [2.45, 2.75) is 11.3 Å². The lowest BCUT2D eigenvalue weighted by Crippen LogP contribution is -2.17. The van der Waals surface area contributed by atoms with Gasteiger partial charge in [0.2, 0.25) is 9.30 Å². The maximum atomic E-state index is 12.5. The number of primary sulfonamides is 1. The van der Waals surface area contributed by atoms with Gasteiger partial charge in [-0.15, -0.1) is 10.2 Å². The van der Waals surface area contributed by atoms with E-state index < -0.39 is 19.9 Å². The third kappa shape index (κ3) is 3.40. The molecule has 0 saturated carbocycles. The average molecular weight is 380 g/mol. The molecule has 0 radical (unpaired) electrons. The van der Waals surface area contributed by atoms with E-state index in [4.69, 9.17) is 9.88 Å². The van der Waals surface area contributed by atoms with Gasteiger partial charge < -0.3 is 4.74 Å². The Kier molecular flexibility index (Phi) is 4.32. The van der Waals surface area contributed by atoms with E-state index in [1.54, 1.807) is 38.3 Å². The van der Waals surface area contributed by atoms with E-state index in [1.807, 2.05) is 0 Å². The maximum absolute atomic E-state index is 12.5. The lowest BCUT2D eigenvalue weighted by Gasteiger charge is -1.99. The highest BCUT2D eigenvalue weighted by Crippen LogP contribution is 2.22. The van der Waals surface area contributed by atoms with Gasteiger partial charge in [-0.2, -0.15) is 9.63 Å². The molecule has 0 aliphatic carbocycles. The molecule has 130 valence electrons. The van der Waals surface area contributed by atoms with Crippen LogP contribution in [0, 0.1) is 6.92 Å². The number of hydrogen-bond donors (Lipinski definition) is 1. The van der Waals surface area contributed by atoms with Gasteiger partial charge in [0.05, 0.1) is 18.5 Å². The molecule has 25 heavy (non-hydrogen) atoms. The number of benzene rings is 1. The number of hydrogen-bond acceptors (Lipinski definition) is 9. The van der Waals surface area contributed by atoms with Crippen LogP contribution in [0.3, 0.4) is 0 Å². The molecular formula is C13H12N6O4S2. The van der Waals surface area contributed by atoms with E-state index in [0.717, 1.165) is 4.52 Å². The van der Waals surface area contributed by atoms with Gasteiger partial charge in [0, 0.05) is 0 Å². The minimum atomic E-state index is -4.03. The van der Waals surface area contributed by atoms with Crippen LogP contribution in [0.15, 0.2) is 43.6 Å². The van der Waals surface area contributed by atoms with E-state index in [9.17, 15) is 13.2 Å². The van der Waals surface area contributed by atoms with Crippen molar-refractivity contribution in [3.63, 3.8) is 0 Å². The number of ether oxygens (including phenoxy) is 1. The Balaban J connectivity index is 2.06. The first-order valence-electron chi connectivity index (χ1n) is 6.78. The maximum Gasteiger partial charge on any atom is 0.303 e. The van der Waals surface area contributed by atoms with Gasteiger partial charge in [-0.25, -0.2) is 18.5 Å². The summed E-state index contributed by atoms with van der Waals surface area (Å²) in [6.07, 6.45) is 0. The van der Waals surface area contributed by atoms with Crippen LogP contribution in [-0.2, 0) is 10.0 Å². The zero-order valence-corrected chi connectivity index (χ0v) is 14.7. The lowest BCUT2D eigenvalue weighted by atomic mass is 10.3. The monoisotopic (exact) mass is 380 g/mol. The molecule has 0 spiro atoms. The number of azo groups is 1. The molecule has 0 aliphatic heterocycles. The molecule has 0 bridgehead atoms. The minimum Gasteiger partial charge on any atom is -0.497 e.